The molecule has 2 saturated heterocycles. The van der Waals surface area contributed by atoms with E-state index in [4.69, 9.17) is 0 Å². The molecule has 2 atom stereocenters. The molecule has 2 unspecified atom stereocenters. The lowest BCUT2D eigenvalue weighted by atomic mass is 9.90. The fraction of sp³-hybridized carbons (Fsp3) is 0.600. The summed E-state index contributed by atoms with van der Waals surface area (Å²) in [6, 6.07) is 12.5. The number of nitrogens with zero attached hydrogens (tertiary/aromatic N) is 1. The molecule has 0 saturated carbocycles. The van der Waals surface area contributed by atoms with Gasteiger partial charge in [0.1, 0.15) is 0 Å². The molecule has 92 valence electrons. The lowest BCUT2D eigenvalue weighted by Crippen LogP contribution is -2.44. The van der Waals surface area contributed by atoms with Crippen molar-refractivity contribution in [2.75, 3.05) is 18.5 Å². The maximum absolute atomic E-state index is 3.34. The summed E-state index contributed by atoms with van der Waals surface area (Å²) in [6.45, 7) is 1.19. The molecule has 1 aromatic carbocycles. The van der Waals surface area contributed by atoms with Gasteiger partial charge in [0.25, 0.3) is 0 Å². The topological polar surface area (TPSA) is 15.3 Å². The van der Waals surface area contributed by atoms with E-state index >= 15 is 0 Å². The molecule has 2 fully saturated rings. The second-order valence-corrected chi connectivity index (χ2v) is 5.52. The Balaban J connectivity index is 1.77. The molecule has 3 rings (SSSR count). The average Bonchev–Trinajstić information content (AvgIpc) is 2.63. The number of benzene rings is 1. The summed E-state index contributed by atoms with van der Waals surface area (Å²) < 4.78 is 0. The normalized spacial score (nSPS) is 31.8. The van der Waals surface area contributed by atoms with Crippen LogP contribution < -0.4 is 10.2 Å². The van der Waals surface area contributed by atoms with Gasteiger partial charge in [-0.05, 0) is 57.3 Å². The van der Waals surface area contributed by atoms with Crippen LogP contribution in [0.5, 0.6) is 0 Å². The first-order valence-corrected chi connectivity index (χ1v) is 6.86. The molecular weight excluding hydrogens is 208 g/mol. The smallest absolute Gasteiger partial charge is 0.0371 e. The van der Waals surface area contributed by atoms with E-state index in [-0.39, 0.29) is 0 Å². The summed E-state index contributed by atoms with van der Waals surface area (Å²) in [7, 11) is 2.07. The van der Waals surface area contributed by atoms with E-state index in [9.17, 15) is 0 Å². The molecule has 2 heterocycles. The van der Waals surface area contributed by atoms with Crippen LogP contribution in [0.2, 0.25) is 0 Å². The van der Waals surface area contributed by atoms with Gasteiger partial charge in [0.15, 0.2) is 0 Å². The Morgan fingerprint density at radius 1 is 1.12 bits per heavy atom. The highest BCUT2D eigenvalue weighted by molar-refractivity contribution is 5.50. The summed E-state index contributed by atoms with van der Waals surface area (Å²) in [5.74, 6) is 0.887. The van der Waals surface area contributed by atoms with Gasteiger partial charge in [-0.3, -0.25) is 0 Å². The highest BCUT2D eigenvalue weighted by Gasteiger charge is 2.40. The van der Waals surface area contributed by atoms with E-state index in [2.05, 4.69) is 47.6 Å². The van der Waals surface area contributed by atoms with Crippen molar-refractivity contribution in [2.45, 2.75) is 37.8 Å². The summed E-state index contributed by atoms with van der Waals surface area (Å²) >= 11 is 0. The van der Waals surface area contributed by atoms with Crippen LogP contribution in [0.15, 0.2) is 30.3 Å². The van der Waals surface area contributed by atoms with Gasteiger partial charge < -0.3 is 10.2 Å². The minimum Gasteiger partial charge on any atom is -0.366 e. The molecule has 17 heavy (non-hydrogen) atoms. The molecule has 2 aliphatic rings. The van der Waals surface area contributed by atoms with E-state index in [0.29, 0.717) is 0 Å². The summed E-state index contributed by atoms with van der Waals surface area (Å²) in [4.78, 5) is 2.69. The second-order valence-electron chi connectivity index (χ2n) is 5.52. The molecule has 1 aromatic rings. The van der Waals surface area contributed by atoms with Crippen LogP contribution in [-0.2, 0) is 0 Å². The SMILES string of the molecule is CNCC1CC2CCC(C1)N2c1ccccc1. The van der Waals surface area contributed by atoms with Crippen LogP contribution in [-0.4, -0.2) is 25.7 Å². The third-order valence-corrected chi connectivity index (χ3v) is 4.38. The number of para-hydroxylation sites is 1. The first-order valence-electron chi connectivity index (χ1n) is 6.86. The van der Waals surface area contributed by atoms with Gasteiger partial charge in [0, 0.05) is 17.8 Å². The second kappa shape index (κ2) is 4.69. The third-order valence-electron chi connectivity index (χ3n) is 4.38. The number of nitrogens with one attached hydrogen (secondary N) is 1. The van der Waals surface area contributed by atoms with Crippen molar-refractivity contribution in [1.82, 2.24) is 5.32 Å². The number of hydrogen-bond donors (Lipinski definition) is 1. The summed E-state index contributed by atoms with van der Waals surface area (Å²) in [5, 5.41) is 3.34. The van der Waals surface area contributed by atoms with E-state index in [1.165, 1.54) is 37.9 Å². The largest absolute Gasteiger partial charge is 0.366 e. The maximum Gasteiger partial charge on any atom is 0.0371 e. The molecular formula is C15H22N2. The number of piperidine rings is 1. The fourth-order valence-corrected chi connectivity index (χ4v) is 3.77. The Morgan fingerprint density at radius 2 is 1.76 bits per heavy atom. The molecule has 2 nitrogen and oxygen atoms in total. The molecule has 0 aromatic heterocycles. The minimum atomic E-state index is 0.787. The van der Waals surface area contributed by atoms with Crippen molar-refractivity contribution in [3.05, 3.63) is 30.3 Å². The van der Waals surface area contributed by atoms with E-state index in [1.807, 2.05) is 0 Å². The van der Waals surface area contributed by atoms with Gasteiger partial charge in [-0.15, -0.1) is 0 Å². The number of fused-ring (bicyclic) bond motifs is 2. The van der Waals surface area contributed by atoms with Crippen molar-refractivity contribution >= 4 is 5.69 Å². The van der Waals surface area contributed by atoms with Gasteiger partial charge >= 0.3 is 0 Å². The Morgan fingerprint density at radius 3 is 2.35 bits per heavy atom. The van der Waals surface area contributed by atoms with Crippen LogP contribution in [0.25, 0.3) is 0 Å². The zero-order valence-corrected chi connectivity index (χ0v) is 10.6. The first kappa shape index (κ1) is 11.1. The molecule has 0 aliphatic carbocycles. The predicted molar refractivity (Wildman–Crippen MR) is 72.4 cm³/mol. The van der Waals surface area contributed by atoms with E-state index in [1.54, 1.807) is 0 Å². The van der Waals surface area contributed by atoms with Gasteiger partial charge in [0.2, 0.25) is 0 Å². The van der Waals surface area contributed by atoms with Gasteiger partial charge in [-0.25, -0.2) is 0 Å². The molecule has 0 radical (unpaired) electrons. The van der Waals surface area contributed by atoms with Crippen LogP contribution in [0.3, 0.4) is 0 Å². The maximum atomic E-state index is 3.34. The zero-order chi connectivity index (χ0) is 11.7. The van der Waals surface area contributed by atoms with E-state index < -0.39 is 0 Å². The van der Waals surface area contributed by atoms with Crippen molar-refractivity contribution in [3.63, 3.8) is 0 Å². The zero-order valence-electron chi connectivity index (χ0n) is 10.6. The van der Waals surface area contributed by atoms with Crippen molar-refractivity contribution in [3.8, 4) is 0 Å². The lowest BCUT2D eigenvalue weighted by molar-refractivity contribution is 0.333. The molecule has 1 N–H and O–H groups in total. The molecule has 2 heteroatoms. The summed E-state index contributed by atoms with van der Waals surface area (Å²) in [6.07, 6.45) is 5.51. The molecule has 0 spiro atoms. The third kappa shape index (κ3) is 2.06. The summed E-state index contributed by atoms with van der Waals surface area (Å²) in [5.41, 5.74) is 1.43. The standard InChI is InChI=1S/C15H22N2/c1-16-11-12-9-14-7-8-15(10-12)17(14)13-5-3-2-4-6-13/h2-6,12,14-16H,7-11H2,1H3. The Labute approximate surface area is 104 Å². The Hall–Kier alpha value is -1.02. The van der Waals surface area contributed by atoms with Gasteiger partial charge in [-0.2, -0.15) is 0 Å². The minimum absolute atomic E-state index is 0.787. The average molecular weight is 230 g/mol. The lowest BCUT2D eigenvalue weighted by Gasteiger charge is -2.40. The van der Waals surface area contributed by atoms with Crippen molar-refractivity contribution in [1.29, 1.82) is 0 Å². The van der Waals surface area contributed by atoms with E-state index in [0.717, 1.165) is 18.0 Å². The highest BCUT2D eigenvalue weighted by Crippen LogP contribution is 2.41. The van der Waals surface area contributed by atoms with Crippen LogP contribution in [0.4, 0.5) is 5.69 Å². The highest BCUT2D eigenvalue weighted by atomic mass is 15.2. The number of anilines is 1. The Kier molecular flexibility index (Phi) is 3.06. The fourth-order valence-electron chi connectivity index (χ4n) is 3.77. The van der Waals surface area contributed by atoms with Crippen LogP contribution in [0, 0.1) is 5.92 Å². The van der Waals surface area contributed by atoms with Crippen molar-refractivity contribution < 1.29 is 0 Å². The van der Waals surface area contributed by atoms with Gasteiger partial charge in [-0.1, -0.05) is 18.2 Å². The number of rotatable bonds is 3. The van der Waals surface area contributed by atoms with Crippen molar-refractivity contribution in [2.24, 2.45) is 5.92 Å². The molecule has 2 bridgehead atoms. The molecule has 2 aliphatic heterocycles. The predicted octanol–water partition coefficient (Wildman–Crippen LogP) is 2.65. The van der Waals surface area contributed by atoms with Crippen LogP contribution in [0.1, 0.15) is 25.7 Å². The quantitative estimate of drug-likeness (QED) is 0.859. The number of hydrogen-bond acceptors (Lipinski definition) is 2. The monoisotopic (exact) mass is 230 g/mol. The molecule has 0 amide bonds. The van der Waals surface area contributed by atoms with Crippen LogP contribution >= 0.6 is 0 Å². The Bertz CT molecular complexity index is 348. The van der Waals surface area contributed by atoms with Gasteiger partial charge in [0.05, 0.1) is 0 Å². The first-order chi connectivity index (χ1) is 8.38.